The molecule has 3 aromatic carbocycles. The van der Waals surface area contributed by atoms with Gasteiger partial charge in [-0.2, -0.15) is 0 Å². The molecule has 0 saturated heterocycles. The van der Waals surface area contributed by atoms with Gasteiger partial charge in [-0.1, -0.05) is 66.7 Å². The molecule has 0 unspecified atom stereocenters. The number of amides is 1. The molecule has 0 aliphatic carbocycles. The number of benzene rings is 3. The fourth-order valence-corrected chi connectivity index (χ4v) is 3.83. The van der Waals surface area contributed by atoms with Crippen LogP contribution < -0.4 is 4.72 Å². The summed E-state index contributed by atoms with van der Waals surface area (Å²) in [6.07, 6.45) is 0. The van der Waals surface area contributed by atoms with Gasteiger partial charge in [-0.25, -0.2) is 17.9 Å². The molecule has 7 nitrogen and oxygen atoms in total. The first-order chi connectivity index (χ1) is 15.4. The van der Waals surface area contributed by atoms with E-state index < -0.39 is 22.6 Å². The zero-order chi connectivity index (χ0) is 23.0. The number of carbonyl (C=O) groups excluding carboxylic acids is 2. The fourth-order valence-electron chi connectivity index (χ4n) is 3.05. The number of ether oxygens (including phenoxy) is 1. The molecule has 166 valence electrons. The van der Waals surface area contributed by atoms with E-state index in [2.05, 4.69) is 4.72 Å². The zero-order valence-electron chi connectivity index (χ0n) is 17.6. The minimum atomic E-state index is -3.70. The van der Waals surface area contributed by atoms with Crippen molar-refractivity contribution in [2.75, 3.05) is 13.7 Å². The van der Waals surface area contributed by atoms with Crippen molar-refractivity contribution in [2.24, 2.45) is 0 Å². The van der Waals surface area contributed by atoms with Gasteiger partial charge < -0.3 is 9.64 Å². The predicted octanol–water partition coefficient (Wildman–Crippen LogP) is 2.98. The average molecular weight is 453 g/mol. The van der Waals surface area contributed by atoms with Crippen molar-refractivity contribution in [3.63, 3.8) is 0 Å². The first kappa shape index (κ1) is 23.2. The highest BCUT2D eigenvalue weighted by molar-refractivity contribution is 7.89. The second kappa shape index (κ2) is 10.7. The number of hydrogen-bond donors (Lipinski definition) is 1. The minimum Gasteiger partial charge on any atom is -0.452 e. The number of carbonyl (C=O) groups is 2. The molecule has 0 saturated carbocycles. The van der Waals surface area contributed by atoms with E-state index in [4.69, 9.17) is 4.74 Å². The highest BCUT2D eigenvalue weighted by Gasteiger charge is 2.19. The van der Waals surface area contributed by atoms with Crippen molar-refractivity contribution in [2.45, 2.75) is 18.0 Å². The van der Waals surface area contributed by atoms with Gasteiger partial charge in [-0.3, -0.25) is 4.79 Å². The van der Waals surface area contributed by atoms with Gasteiger partial charge in [-0.15, -0.1) is 0 Å². The van der Waals surface area contributed by atoms with Crippen LogP contribution in [0.4, 0.5) is 0 Å². The SMILES string of the molecule is CNS(=O)(=O)c1cccc(C(=O)OCC(=O)N(Cc2ccccc2)Cc2ccccc2)c1. The maximum Gasteiger partial charge on any atom is 0.338 e. The van der Waals surface area contributed by atoms with Gasteiger partial charge in [0.25, 0.3) is 5.91 Å². The molecule has 3 aromatic rings. The molecule has 0 radical (unpaired) electrons. The predicted molar refractivity (Wildman–Crippen MR) is 120 cm³/mol. The summed E-state index contributed by atoms with van der Waals surface area (Å²) in [6.45, 7) is 0.269. The third-order valence-electron chi connectivity index (χ3n) is 4.76. The topological polar surface area (TPSA) is 92.8 Å². The molecule has 32 heavy (non-hydrogen) atoms. The number of nitrogens with one attached hydrogen (secondary N) is 1. The van der Waals surface area contributed by atoms with Crippen molar-refractivity contribution in [3.8, 4) is 0 Å². The fraction of sp³-hybridized carbons (Fsp3) is 0.167. The van der Waals surface area contributed by atoms with Crippen LogP contribution in [-0.4, -0.2) is 38.8 Å². The minimum absolute atomic E-state index is 0.0480. The summed E-state index contributed by atoms with van der Waals surface area (Å²) < 4.78 is 31.3. The van der Waals surface area contributed by atoms with Crippen LogP contribution in [0.5, 0.6) is 0 Å². The van der Waals surface area contributed by atoms with Crippen molar-refractivity contribution in [3.05, 3.63) is 102 Å². The third kappa shape index (κ3) is 6.26. The van der Waals surface area contributed by atoms with Gasteiger partial charge in [0.2, 0.25) is 10.0 Å². The van der Waals surface area contributed by atoms with Crippen LogP contribution in [0.25, 0.3) is 0 Å². The van der Waals surface area contributed by atoms with Crippen molar-refractivity contribution in [1.29, 1.82) is 0 Å². The molecular formula is C24H24N2O5S. The number of sulfonamides is 1. The summed E-state index contributed by atoms with van der Waals surface area (Å²) in [5.74, 6) is -1.13. The van der Waals surface area contributed by atoms with Gasteiger partial charge in [0.15, 0.2) is 6.61 Å². The molecule has 0 atom stereocenters. The highest BCUT2D eigenvalue weighted by atomic mass is 32.2. The Morgan fingerprint density at radius 2 is 1.41 bits per heavy atom. The summed E-state index contributed by atoms with van der Waals surface area (Å²) in [5.41, 5.74) is 1.95. The summed E-state index contributed by atoms with van der Waals surface area (Å²) >= 11 is 0. The van der Waals surface area contributed by atoms with Gasteiger partial charge in [0.05, 0.1) is 10.5 Å². The van der Waals surface area contributed by atoms with E-state index in [0.717, 1.165) is 11.1 Å². The number of esters is 1. The number of hydrogen-bond acceptors (Lipinski definition) is 5. The lowest BCUT2D eigenvalue weighted by Crippen LogP contribution is -2.34. The van der Waals surface area contributed by atoms with Crippen LogP contribution in [0.2, 0.25) is 0 Å². The van der Waals surface area contributed by atoms with Crippen LogP contribution in [-0.2, 0) is 32.6 Å². The van der Waals surface area contributed by atoms with E-state index in [0.29, 0.717) is 13.1 Å². The lowest BCUT2D eigenvalue weighted by Gasteiger charge is -2.23. The van der Waals surface area contributed by atoms with Gasteiger partial charge in [0, 0.05) is 13.1 Å². The van der Waals surface area contributed by atoms with Crippen molar-refractivity contribution >= 4 is 21.9 Å². The summed E-state index contributed by atoms with van der Waals surface area (Å²) in [6, 6.07) is 24.5. The largest absolute Gasteiger partial charge is 0.452 e. The Kier molecular flexibility index (Phi) is 7.75. The summed E-state index contributed by atoms with van der Waals surface area (Å²) in [5, 5.41) is 0. The molecule has 0 aliphatic heterocycles. The second-order valence-electron chi connectivity index (χ2n) is 7.03. The molecule has 0 aliphatic rings. The Morgan fingerprint density at radius 1 is 0.844 bits per heavy atom. The van der Waals surface area contributed by atoms with E-state index >= 15 is 0 Å². The lowest BCUT2D eigenvalue weighted by molar-refractivity contribution is -0.135. The molecule has 0 heterocycles. The van der Waals surface area contributed by atoms with Crippen LogP contribution >= 0.6 is 0 Å². The Hall–Kier alpha value is -3.49. The molecular weight excluding hydrogens is 428 g/mol. The average Bonchev–Trinajstić information content (AvgIpc) is 2.83. The smallest absolute Gasteiger partial charge is 0.338 e. The first-order valence-electron chi connectivity index (χ1n) is 9.95. The molecule has 0 aromatic heterocycles. The van der Waals surface area contributed by atoms with Crippen LogP contribution in [0.1, 0.15) is 21.5 Å². The van der Waals surface area contributed by atoms with Crippen LogP contribution in [0, 0.1) is 0 Å². The standard InChI is InChI=1S/C24H24N2O5S/c1-25-32(29,30)22-14-8-13-21(15-22)24(28)31-18-23(27)26(16-19-9-4-2-5-10-19)17-20-11-6-3-7-12-20/h2-15,25H,16-18H2,1H3. The first-order valence-corrected chi connectivity index (χ1v) is 11.4. The van der Waals surface area contributed by atoms with E-state index in [1.54, 1.807) is 4.90 Å². The van der Waals surface area contributed by atoms with Crippen molar-refractivity contribution in [1.82, 2.24) is 9.62 Å². The lowest BCUT2D eigenvalue weighted by atomic mass is 10.1. The van der Waals surface area contributed by atoms with Crippen LogP contribution in [0.15, 0.2) is 89.8 Å². The van der Waals surface area contributed by atoms with E-state index in [1.165, 1.54) is 31.3 Å². The molecule has 0 fully saturated rings. The van der Waals surface area contributed by atoms with Gasteiger partial charge >= 0.3 is 5.97 Å². The molecule has 3 rings (SSSR count). The maximum absolute atomic E-state index is 12.9. The normalized spacial score (nSPS) is 11.0. The zero-order valence-corrected chi connectivity index (χ0v) is 18.4. The third-order valence-corrected chi connectivity index (χ3v) is 6.17. The maximum atomic E-state index is 12.9. The summed E-state index contributed by atoms with van der Waals surface area (Å²) in [4.78, 5) is 26.9. The van der Waals surface area contributed by atoms with Gasteiger partial charge in [-0.05, 0) is 36.4 Å². The quantitative estimate of drug-likeness (QED) is 0.504. The van der Waals surface area contributed by atoms with E-state index in [9.17, 15) is 18.0 Å². The molecule has 0 bridgehead atoms. The molecule has 1 N–H and O–H groups in total. The van der Waals surface area contributed by atoms with Gasteiger partial charge in [0.1, 0.15) is 0 Å². The Balaban J connectivity index is 1.70. The number of rotatable bonds is 9. The molecule has 8 heteroatoms. The van der Waals surface area contributed by atoms with E-state index in [-0.39, 0.29) is 16.4 Å². The Labute approximate surface area is 187 Å². The monoisotopic (exact) mass is 452 g/mol. The molecule has 0 spiro atoms. The number of nitrogens with zero attached hydrogens (tertiary/aromatic N) is 1. The Morgan fingerprint density at radius 3 is 1.94 bits per heavy atom. The van der Waals surface area contributed by atoms with Crippen molar-refractivity contribution < 1.29 is 22.7 Å². The highest BCUT2D eigenvalue weighted by Crippen LogP contribution is 2.14. The Bertz CT molecular complexity index is 1120. The molecule has 1 amide bonds. The summed E-state index contributed by atoms with van der Waals surface area (Å²) in [7, 11) is -2.42. The van der Waals surface area contributed by atoms with E-state index in [1.807, 2.05) is 60.7 Å². The van der Waals surface area contributed by atoms with Crippen LogP contribution in [0.3, 0.4) is 0 Å². The second-order valence-corrected chi connectivity index (χ2v) is 8.92.